The predicted molar refractivity (Wildman–Crippen MR) is 174 cm³/mol. The van der Waals surface area contributed by atoms with E-state index in [4.69, 9.17) is 33.2 Å². The van der Waals surface area contributed by atoms with Gasteiger partial charge in [-0.15, -0.1) is 0 Å². The predicted octanol–water partition coefficient (Wildman–Crippen LogP) is 5.92. The third-order valence-corrected chi connectivity index (χ3v) is 11.3. The SMILES string of the molecule is CO[C@H]1O[C@@]2(C[C@@H]2OC(=O)[C@@]23CC[C@@](C)(C(=O)O2)C3(C)C)[C@@H](OCc2ccccc2)[C@H](OCc2ccccc2)[C@H]1OCc1ccccc1. The molecule has 2 aliphatic carbocycles. The summed E-state index contributed by atoms with van der Waals surface area (Å²) in [6.45, 7) is 6.59. The Bertz CT molecular complexity index is 1600. The highest BCUT2D eigenvalue weighted by atomic mass is 16.7. The van der Waals surface area contributed by atoms with E-state index < -0.39 is 58.7 Å². The smallest absolute Gasteiger partial charge is 0.351 e. The van der Waals surface area contributed by atoms with Crippen molar-refractivity contribution in [2.75, 3.05) is 7.11 Å². The van der Waals surface area contributed by atoms with Crippen LogP contribution in [0, 0.1) is 10.8 Å². The number of hydrogen-bond acceptors (Lipinski definition) is 9. The highest BCUT2D eigenvalue weighted by molar-refractivity contribution is 5.93. The van der Waals surface area contributed by atoms with Crippen molar-refractivity contribution >= 4 is 11.9 Å². The van der Waals surface area contributed by atoms with Crippen molar-refractivity contribution in [3.05, 3.63) is 108 Å². The fraction of sp³-hybridized carbons (Fsp3) is 0.487. The quantitative estimate of drug-likeness (QED) is 0.220. The van der Waals surface area contributed by atoms with E-state index >= 15 is 0 Å². The molecule has 2 saturated heterocycles. The van der Waals surface area contributed by atoms with Gasteiger partial charge in [-0.25, -0.2) is 4.79 Å². The van der Waals surface area contributed by atoms with Gasteiger partial charge in [0, 0.05) is 18.9 Å². The number of rotatable bonds is 12. The molecule has 9 nitrogen and oxygen atoms in total. The zero-order chi connectivity index (χ0) is 33.6. The van der Waals surface area contributed by atoms with E-state index in [1.165, 1.54) is 0 Å². The van der Waals surface area contributed by atoms with Crippen LogP contribution in [0.1, 0.15) is 56.7 Å². The van der Waals surface area contributed by atoms with Crippen LogP contribution in [0.2, 0.25) is 0 Å². The van der Waals surface area contributed by atoms with Gasteiger partial charge in [-0.2, -0.15) is 0 Å². The summed E-state index contributed by atoms with van der Waals surface area (Å²) in [5.41, 5.74) is -0.971. The van der Waals surface area contributed by atoms with Crippen LogP contribution >= 0.6 is 0 Å². The van der Waals surface area contributed by atoms with Crippen molar-refractivity contribution in [1.29, 1.82) is 0 Å². The van der Waals surface area contributed by atoms with Crippen molar-refractivity contribution in [3.63, 3.8) is 0 Å². The lowest BCUT2D eigenvalue weighted by Crippen LogP contribution is -2.63. The van der Waals surface area contributed by atoms with Crippen LogP contribution in [-0.2, 0) is 62.6 Å². The van der Waals surface area contributed by atoms with Gasteiger partial charge in [-0.1, -0.05) is 105 Å². The van der Waals surface area contributed by atoms with Crippen LogP contribution in [-0.4, -0.2) is 61.0 Å². The van der Waals surface area contributed by atoms with E-state index in [0.717, 1.165) is 16.7 Å². The zero-order valence-electron chi connectivity index (χ0n) is 28.0. The van der Waals surface area contributed by atoms with Crippen LogP contribution in [0.15, 0.2) is 91.0 Å². The van der Waals surface area contributed by atoms with E-state index in [0.29, 0.717) is 32.5 Å². The molecule has 0 radical (unpaired) electrons. The Hall–Kier alpha value is -3.60. The second-order valence-electron chi connectivity index (χ2n) is 14.2. The van der Waals surface area contributed by atoms with Gasteiger partial charge in [0.25, 0.3) is 0 Å². The van der Waals surface area contributed by atoms with Crippen molar-refractivity contribution < 1.29 is 42.7 Å². The Balaban J connectivity index is 1.20. The van der Waals surface area contributed by atoms with Gasteiger partial charge in [-0.3, -0.25) is 4.79 Å². The molecule has 3 aromatic rings. The maximum atomic E-state index is 14.1. The molecular weight excluding hydrogens is 612 g/mol. The largest absolute Gasteiger partial charge is 0.456 e. The first-order valence-electron chi connectivity index (χ1n) is 16.8. The number of methoxy groups -OCH3 is 1. The van der Waals surface area contributed by atoms with Crippen LogP contribution < -0.4 is 0 Å². The van der Waals surface area contributed by atoms with Crippen LogP contribution in [0.3, 0.4) is 0 Å². The van der Waals surface area contributed by atoms with Crippen molar-refractivity contribution in [2.24, 2.45) is 10.8 Å². The van der Waals surface area contributed by atoms with Crippen molar-refractivity contribution in [1.82, 2.24) is 0 Å². The molecule has 4 aliphatic rings. The molecule has 0 unspecified atom stereocenters. The first-order valence-corrected chi connectivity index (χ1v) is 16.8. The average molecular weight is 657 g/mol. The first kappa shape index (κ1) is 32.9. The summed E-state index contributed by atoms with van der Waals surface area (Å²) in [6, 6.07) is 29.7. The molecule has 254 valence electrons. The summed E-state index contributed by atoms with van der Waals surface area (Å²) in [4.78, 5) is 27.0. The normalized spacial score (nSPS) is 34.6. The van der Waals surface area contributed by atoms with E-state index in [-0.39, 0.29) is 12.6 Å². The molecule has 1 spiro atoms. The number of hydrogen-bond donors (Lipinski definition) is 0. The fourth-order valence-electron chi connectivity index (χ4n) is 7.75. The number of carbonyl (C=O) groups is 2. The van der Waals surface area contributed by atoms with Gasteiger partial charge in [0.05, 0.1) is 25.2 Å². The van der Waals surface area contributed by atoms with Gasteiger partial charge in [0.1, 0.15) is 30.0 Å². The van der Waals surface area contributed by atoms with Gasteiger partial charge >= 0.3 is 11.9 Å². The molecule has 0 amide bonds. The summed E-state index contributed by atoms with van der Waals surface area (Å²) in [7, 11) is 1.57. The summed E-state index contributed by atoms with van der Waals surface area (Å²) in [6.07, 6.45) is -2.23. The Labute approximate surface area is 281 Å². The minimum atomic E-state index is -1.36. The Morgan fingerprint density at radius 1 is 0.750 bits per heavy atom. The number of benzene rings is 3. The Kier molecular flexibility index (Phi) is 8.71. The molecule has 48 heavy (non-hydrogen) atoms. The minimum absolute atomic E-state index is 0.276. The molecular formula is C39H44O9. The molecule has 8 atom stereocenters. The molecule has 0 aromatic heterocycles. The molecule has 2 saturated carbocycles. The molecule has 2 bridgehead atoms. The number of carbonyl (C=O) groups excluding carboxylic acids is 2. The van der Waals surface area contributed by atoms with Crippen molar-refractivity contribution in [3.8, 4) is 0 Å². The van der Waals surface area contributed by atoms with E-state index in [9.17, 15) is 9.59 Å². The Morgan fingerprint density at radius 2 is 1.27 bits per heavy atom. The first-order chi connectivity index (χ1) is 23.1. The summed E-state index contributed by atoms with van der Waals surface area (Å²) in [5, 5.41) is 0. The van der Waals surface area contributed by atoms with Crippen molar-refractivity contribution in [2.45, 2.75) is 102 Å². The lowest BCUT2D eigenvalue weighted by molar-refractivity contribution is -0.331. The third kappa shape index (κ3) is 5.46. The van der Waals surface area contributed by atoms with E-state index in [1.54, 1.807) is 7.11 Å². The average Bonchev–Trinajstić information content (AvgIpc) is 3.69. The van der Waals surface area contributed by atoms with Gasteiger partial charge in [-0.05, 0) is 36.5 Å². The molecule has 2 heterocycles. The minimum Gasteiger partial charge on any atom is -0.456 e. The highest BCUT2D eigenvalue weighted by Crippen LogP contribution is 2.66. The number of esters is 2. The maximum absolute atomic E-state index is 14.1. The second-order valence-corrected chi connectivity index (χ2v) is 14.2. The molecule has 2 aliphatic heterocycles. The van der Waals surface area contributed by atoms with Crippen LogP contribution in [0.4, 0.5) is 0 Å². The summed E-state index contributed by atoms with van der Waals surface area (Å²) >= 11 is 0. The molecule has 9 heteroatoms. The highest BCUT2D eigenvalue weighted by Gasteiger charge is 2.78. The van der Waals surface area contributed by atoms with E-state index in [1.807, 2.05) is 112 Å². The van der Waals surface area contributed by atoms with E-state index in [2.05, 4.69) is 0 Å². The van der Waals surface area contributed by atoms with Crippen LogP contribution in [0.5, 0.6) is 0 Å². The fourth-order valence-corrected chi connectivity index (χ4v) is 7.75. The topological polar surface area (TPSA) is 98.8 Å². The number of ether oxygens (including phenoxy) is 7. The second kappa shape index (κ2) is 12.7. The molecule has 4 fully saturated rings. The zero-order valence-corrected chi connectivity index (χ0v) is 28.0. The molecule has 7 rings (SSSR count). The maximum Gasteiger partial charge on any atom is 0.351 e. The standard InChI is InChI=1S/C39H44O9/c1-36(2)37(3)20-21-39(36,48-34(37)40)35(41)46-29-22-38(29)32(45-25-28-18-12-7-13-19-28)30(43-23-26-14-8-5-9-15-26)31(33(42-4)47-38)44-24-27-16-10-6-11-17-27/h5-19,29-33H,20-25H2,1-4H3/t29-,30+,31+,32-,33-,37-,38+,39+/m0/s1. The molecule has 3 aromatic carbocycles. The number of fused-ring (bicyclic) bond motifs is 2. The van der Waals surface area contributed by atoms with Crippen LogP contribution in [0.25, 0.3) is 0 Å². The van der Waals surface area contributed by atoms with Gasteiger partial charge in [0.2, 0.25) is 5.60 Å². The Morgan fingerprint density at radius 3 is 1.75 bits per heavy atom. The van der Waals surface area contributed by atoms with Gasteiger partial charge < -0.3 is 33.2 Å². The molecule has 0 N–H and O–H groups in total. The lowest BCUT2D eigenvalue weighted by atomic mass is 9.66. The summed E-state index contributed by atoms with van der Waals surface area (Å²) in [5.74, 6) is -0.904. The summed E-state index contributed by atoms with van der Waals surface area (Å²) < 4.78 is 44.8. The third-order valence-electron chi connectivity index (χ3n) is 11.3. The lowest BCUT2D eigenvalue weighted by Gasteiger charge is -2.46. The monoisotopic (exact) mass is 656 g/mol. The van der Waals surface area contributed by atoms with Gasteiger partial charge in [0.15, 0.2) is 6.29 Å².